The number of aliphatic hydroxyl groups is 1. The van der Waals surface area contributed by atoms with Crippen LogP contribution in [-0.4, -0.2) is 37.6 Å². The molecule has 1 saturated heterocycles. The van der Waals surface area contributed by atoms with Crippen molar-refractivity contribution in [3.8, 4) is 0 Å². The molecule has 3 nitrogen and oxygen atoms in total. The van der Waals surface area contributed by atoms with E-state index in [0.717, 1.165) is 32.5 Å². The monoisotopic (exact) mass is 188 g/mol. The summed E-state index contributed by atoms with van der Waals surface area (Å²) < 4.78 is 10.3. The van der Waals surface area contributed by atoms with E-state index >= 15 is 0 Å². The molecule has 0 aromatic rings. The van der Waals surface area contributed by atoms with Crippen LogP contribution in [0.3, 0.4) is 0 Å². The topological polar surface area (TPSA) is 38.7 Å². The fourth-order valence-electron chi connectivity index (χ4n) is 1.62. The van der Waals surface area contributed by atoms with Crippen LogP contribution in [0.4, 0.5) is 0 Å². The molecule has 1 aliphatic heterocycles. The number of hydrogen-bond donors (Lipinski definition) is 1. The fraction of sp³-hybridized carbons (Fsp3) is 1.00. The maximum atomic E-state index is 9.76. The van der Waals surface area contributed by atoms with Gasteiger partial charge in [0.2, 0.25) is 0 Å². The van der Waals surface area contributed by atoms with Gasteiger partial charge in [0, 0.05) is 19.6 Å². The molecule has 3 atom stereocenters. The van der Waals surface area contributed by atoms with Gasteiger partial charge < -0.3 is 14.6 Å². The van der Waals surface area contributed by atoms with Gasteiger partial charge in [0.25, 0.3) is 0 Å². The van der Waals surface area contributed by atoms with Crippen LogP contribution in [0, 0.1) is 5.92 Å². The van der Waals surface area contributed by atoms with E-state index in [9.17, 15) is 5.11 Å². The summed E-state index contributed by atoms with van der Waals surface area (Å²) in [5.41, 5.74) is 0. The summed E-state index contributed by atoms with van der Waals surface area (Å²) in [6, 6.07) is 0. The first-order valence-electron chi connectivity index (χ1n) is 5.02. The molecule has 13 heavy (non-hydrogen) atoms. The lowest BCUT2D eigenvalue weighted by Crippen LogP contribution is -2.22. The molecule has 3 heteroatoms. The zero-order chi connectivity index (χ0) is 9.68. The minimum atomic E-state index is -0.208. The van der Waals surface area contributed by atoms with Gasteiger partial charge in [-0.2, -0.15) is 0 Å². The van der Waals surface area contributed by atoms with Gasteiger partial charge in [-0.25, -0.2) is 0 Å². The van der Waals surface area contributed by atoms with Gasteiger partial charge in [0.05, 0.1) is 18.8 Å². The van der Waals surface area contributed by atoms with E-state index < -0.39 is 0 Å². The van der Waals surface area contributed by atoms with Gasteiger partial charge in [0.1, 0.15) is 0 Å². The molecular formula is C10H20O3. The predicted molar refractivity (Wildman–Crippen MR) is 50.6 cm³/mol. The highest BCUT2D eigenvalue weighted by molar-refractivity contribution is 4.73. The summed E-state index contributed by atoms with van der Waals surface area (Å²) >= 11 is 0. The third-order valence-corrected chi connectivity index (χ3v) is 2.78. The Balaban J connectivity index is 2.12. The minimum absolute atomic E-state index is 0.208. The minimum Gasteiger partial charge on any atom is -0.393 e. The SMILES string of the molecule is COC(C)CCC(O)C1CCOC1. The molecule has 1 N–H and O–H groups in total. The van der Waals surface area contributed by atoms with Crippen LogP contribution in [0.5, 0.6) is 0 Å². The lowest BCUT2D eigenvalue weighted by atomic mass is 9.97. The van der Waals surface area contributed by atoms with Gasteiger partial charge >= 0.3 is 0 Å². The van der Waals surface area contributed by atoms with Crippen molar-refractivity contribution in [2.24, 2.45) is 5.92 Å². The molecule has 0 aromatic heterocycles. The van der Waals surface area contributed by atoms with E-state index in [1.807, 2.05) is 6.92 Å². The van der Waals surface area contributed by atoms with Crippen LogP contribution in [0.15, 0.2) is 0 Å². The van der Waals surface area contributed by atoms with Crippen LogP contribution >= 0.6 is 0 Å². The first kappa shape index (κ1) is 11.0. The second kappa shape index (κ2) is 5.58. The Morgan fingerprint density at radius 2 is 2.31 bits per heavy atom. The van der Waals surface area contributed by atoms with Crippen molar-refractivity contribution in [2.75, 3.05) is 20.3 Å². The number of aliphatic hydroxyl groups excluding tert-OH is 1. The summed E-state index contributed by atoms with van der Waals surface area (Å²) in [6.07, 6.45) is 2.79. The summed E-state index contributed by atoms with van der Waals surface area (Å²) in [5, 5.41) is 9.76. The van der Waals surface area contributed by atoms with E-state index in [2.05, 4.69) is 0 Å². The molecule has 0 radical (unpaired) electrons. The number of hydrogen-bond acceptors (Lipinski definition) is 3. The maximum Gasteiger partial charge on any atom is 0.0592 e. The standard InChI is InChI=1S/C10H20O3/c1-8(12-2)3-4-10(11)9-5-6-13-7-9/h8-11H,3-7H2,1-2H3. The number of ether oxygens (including phenoxy) is 2. The maximum absolute atomic E-state index is 9.76. The van der Waals surface area contributed by atoms with Crippen LogP contribution in [0.25, 0.3) is 0 Å². The lowest BCUT2D eigenvalue weighted by molar-refractivity contribution is 0.0552. The third kappa shape index (κ3) is 3.63. The summed E-state index contributed by atoms with van der Waals surface area (Å²) in [7, 11) is 1.70. The van der Waals surface area contributed by atoms with E-state index in [4.69, 9.17) is 9.47 Å². The van der Waals surface area contributed by atoms with E-state index in [1.54, 1.807) is 7.11 Å². The zero-order valence-corrected chi connectivity index (χ0v) is 8.53. The average molecular weight is 188 g/mol. The average Bonchev–Trinajstić information content (AvgIpc) is 2.66. The normalized spacial score (nSPS) is 27.5. The molecule has 0 amide bonds. The van der Waals surface area contributed by atoms with Crippen molar-refractivity contribution in [1.29, 1.82) is 0 Å². The lowest BCUT2D eigenvalue weighted by Gasteiger charge is -2.18. The van der Waals surface area contributed by atoms with Gasteiger partial charge in [0.15, 0.2) is 0 Å². The van der Waals surface area contributed by atoms with Crippen molar-refractivity contribution in [3.05, 3.63) is 0 Å². The van der Waals surface area contributed by atoms with E-state index in [-0.39, 0.29) is 12.2 Å². The first-order chi connectivity index (χ1) is 6.24. The molecule has 3 unspecified atom stereocenters. The Labute approximate surface area is 80.0 Å². The quantitative estimate of drug-likeness (QED) is 0.704. The molecule has 78 valence electrons. The highest BCUT2D eigenvalue weighted by Crippen LogP contribution is 2.20. The van der Waals surface area contributed by atoms with Crippen LogP contribution in [0.1, 0.15) is 26.2 Å². The Hall–Kier alpha value is -0.120. The van der Waals surface area contributed by atoms with Gasteiger partial charge in [-0.1, -0.05) is 0 Å². The molecule has 0 bridgehead atoms. The Kier molecular flexibility index (Phi) is 4.70. The van der Waals surface area contributed by atoms with Crippen LogP contribution in [0.2, 0.25) is 0 Å². The second-order valence-corrected chi connectivity index (χ2v) is 3.81. The summed E-state index contributed by atoms with van der Waals surface area (Å²) in [5.74, 6) is 0.351. The Morgan fingerprint density at radius 1 is 1.54 bits per heavy atom. The molecule has 1 fully saturated rings. The number of methoxy groups -OCH3 is 1. The Bertz CT molecular complexity index is 132. The molecule has 1 heterocycles. The van der Waals surface area contributed by atoms with Gasteiger partial charge in [-0.3, -0.25) is 0 Å². The van der Waals surface area contributed by atoms with Crippen molar-refractivity contribution < 1.29 is 14.6 Å². The van der Waals surface area contributed by atoms with Crippen molar-refractivity contribution in [1.82, 2.24) is 0 Å². The molecule has 0 saturated carbocycles. The van der Waals surface area contributed by atoms with Crippen LogP contribution in [-0.2, 0) is 9.47 Å². The van der Waals surface area contributed by atoms with Crippen LogP contribution < -0.4 is 0 Å². The smallest absolute Gasteiger partial charge is 0.0592 e. The van der Waals surface area contributed by atoms with Crippen molar-refractivity contribution in [2.45, 2.75) is 38.4 Å². The Morgan fingerprint density at radius 3 is 2.85 bits per heavy atom. The summed E-state index contributed by atoms with van der Waals surface area (Å²) in [4.78, 5) is 0. The number of rotatable bonds is 5. The zero-order valence-electron chi connectivity index (χ0n) is 8.53. The summed E-state index contributed by atoms with van der Waals surface area (Å²) in [6.45, 7) is 3.56. The third-order valence-electron chi connectivity index (χ3n) is 2.78. The van der Waals surface area contributed by atoms with Gasteiger partial charge in [-0.15, -0.1) is 0 Å². The second-order valence-electron chi connectivity index (χ2n) is 3.81. The highest BCUT2D eigenvalue weighted by atomic mass is 16.5. The molecule has 0 aromatic carbocycles. The predicted octanol–water partition coefficient (Wildman–Crippen LogP) is 1.20. The molecular weight excluding hydrogens is 168 g/mol. The fourth-order valence-corrected chi connectivity index (χ4v) is 1.62. The largest absolute Gasteiger partial charge is 0.393 e. The molecule has 1 rings (SSSR count). The molecule has 1 aliphatic rings. The highest BCUT2D eigenvalue weighted by Gasteiger charge is 2.23. The van der Waals surface area contributed by atoms with Gasteiger partial charge in [-0.05, 0) is 26.2 Å². The first-order valence-corrected chi connectivity index (χ1v) is 5.02. The molecule has 0 spiro atoms. The van der Waals surface area contributed by atoms with Crippen molar-refractivity contribution >= 4 is 0 Å². The van der Waals surface area contributed by atoms with E-state index in [0.29, 0.717) is 5.92 Å². The van der Waals surface area contributed by atoms with Crippen molar-refractivity contribution in [3.63, 3.8) is 0 Å². The van der Waals surface area contributed by atoms with E-state index in [1.165, 1.54) is 0 Å². The molecule has 0 aliphatic carbocycles.